The molecule has 5 rings (SSSR count). The number of pyridine rings is 1. The zero-order chi connectivity index (χ0) is 26.8. The number of carbonyl (C=O) groups excluding carboxylic acids is 3. The molecule has 5 N–H and O–H groups in total. The first-order valence-corrected chi connectivity index (χ1v) is 12.3. The number of likely N-dealkylation sites (tertiary alicyclic amines) is 1. The van der Waals surface area contributed by atoms with E-state index in [1.54, 1.807) is 59.6 Å². The molecule has 38 heavy (non-hydrogen) atoms. The number of aromatic nitrogens is 3. The van der Waals surface area contributed by atoms with Crippen LogP contribution in [0.15, 0.2) is 60.4 Å². The fraction of sp³-hybridized carbons (Fsp3) is 0.259. The number of amides is 3. The van der Waals surface area contributed by atoms with Gasteiger partial charge < -0.3 is 21.8 Å². The zero-order valence-corrected chi connectivity index (χ0v) is 20.5. The minimum absolute atomic E-state index is 0.0103. The predicted molar refractivity (Wildman–Crippen MR) is 140 cm³/mol. The van der Waals surface area contributed by atoms with E-state index in [0.717, 1.165) is 17.5 Å². The van der Waals surface area contributed by atoms with Crippen molar-refractivity contribution in [3.8, 4) is 11.3 Å². The van der Waals surface area contributed by atoms with Crippen molar-refractivity contribution in [2.75, 3.05) is 17.7 Å². The monoisotopic (exact) mass is 510 g/mol. The lowest BCUT2D eigenvalue weighted by molar-refractivity contribution is -0.127. The Balaban J connectivity index is 1.43. The van der Waals surface area contributed by atoms with E-state index in [9.17, 15) is 14.4 Å². The third kappa shape index (κ3) is 4.84. The molecule has 1 saturated heterocycles. The Bertz CT molecular complexity index is 1470. The molecule has 1 saturated carbocycles. The van der Waals surface area contributed by atoms with Gasteiger partial charge in [-0.3, -0.25) is 14.4 Å². The number of primary amides is 1. The molecule has 2 aromatic heterocycles. The van der Waals surface area contributed by atoms with Crippen LogP contribution in [0.1, 0.15) is 58.4 Å². The minimum atomic E-state index is -0.774. The molecule has 1 aromatic carbocycles. The number of hydrogen-bond donors (Lipinski definition) is 3. The number of benzene rings is 1. The Morgan fingerprint density at radius 2 is 1.87 bits per heavy atom. The van der Waals surface area contributed by atoms with Crippen molar-refractivity contribution in [2.45, 2.75) is 31.7 Å². The smallest absolute Gasteiger partial charge is 0.269 e. The number of nitrogens with one attached hydrogen (secondary N) is 1. The minimum Gasteiger partial charge on any atom is -0.364 e. The van der Waals surface area contributed by atoms with Crippen molar-refractivity contribution in [3.63, 3.8) is 0 Å². The van der Waals surface area contributed by atoms with E-state index < -0.39 is 11.9 Å². The third-order valence-corrected chi connectivity index (χ3v) is 6.67. The summed E-state index contributed by atoms with van der Waals surface area (Å²) in [7, 11) is 0. The molecule has 3 heterocycles. The standard InChI is InChI=1S/C27H26N8O3/c1-30-19(15-16-7-8-16)27(38)34-14-4-5-20(34)25-33-22(23(24(28)36)35(25)29)17-9-11-18(12-10-17)26(37)32-21-6-2-3-13-31-21/h2-3,6,9-13,15-16,20H,4-5,7-8,14,29H2,(H2,28,36)(H,31,32,37)/b19-15-/t20-/m0/s1. The molecule has 0 spiro atoms. The highest BCUT2D eigenvalue weighted by atomic mass is 16.2. The maximum absolute atomic E-state index is 13.2. The van der Waals surface area contributed by atoms with Crippen LogP contribution in [-0.2, 0) is 4.79 Å². The molecule has 0 radical (unpaired) electrons. The number of nitrogens with zero attached hydrogens (tertiary/aromatic N) is 5. The molecular weight excluding hydrogens is 484 g/mol. The van der Waals surface area contributed by atoms with Crippen LogP contribution in [0.4, 0.5) is 5.82 Å². The summed E-state index contributed by atoms with van der Waals surface area (Å²) in [5.41, 5.74) is 6.94. The molecule has 1 aliphatic heterocycles. The maximum atomic E-state index is 13.2. The van der Waals surface area contributed by atoms with Crippen molar-refractivity contribution in [1.82, 2.24) is 19.5 Å². The van der Waals surface area contributed by atoms with Crippen LogP contribution < -0.4 is 16.9 Å². The van der Waals surface area contributed by atoms with Gasteiger partial charge in [0, 0.05) is 23.9 Å². The van der Waals surface area contributed by atoms with Crippen molar-refractivity contribution in [3.05, 3.63) is 88.9 Å². The molecule has 11 nitrogen and oxygen atoms in total. The lowest BCUT2D eigenvalue weighted by Crippen LogP contribution is -2.34. The first kappa shape index (κ1) is 24.7. The lowest BCUT2D eigenvalue weighted by Gasteiger charge is -2.24. The number of allylic oxidation sites excluding steroid dienone is 1. The van der Waals surface area contributed by atoms with E-state index in [1.165, 1.54) is 0 Å². The fourth-order valence-electron chi connectivity index (χ4n) is 4.59. The van der Waals surface area contributed by atoms with E-state index in [2.05, 4.69) is 20.1 Å². The van der Waals surface area contributed by atoms with Crippen LogP contribution in [-0.4, -0.2) is 43.8 Å². The highest BCUT2D eigenvalue weighted by molar-refractivity contribution is 6.04. The van der Waals surface area contributed by atoms with E-state index in [0.29, 0.717) is 42.2 Å². The number of anilines is 1. The number of carbonyl (C=O) groups is 3. The third-order valence-electron chi connectivity index (χ3n) is 6.67. The number of rotatable bonds is 7. The molecule has 3 amide bonds. The summed E-state index contributed by atoms with van der Waals surface area (Å²) in [6, 6.07) is 11.2. The number of imidazole rings is 1. The predicted octanol–water partition coefficient (Wildman–Crippen LogP) is 2.89. The van der Waals surface area contributed by atoms with E-state index >= 15 is 0 Å². The summed E-state index contributed by atoms with van der Waals surface area (Å²) in [4.78, 5) is 52.0. The molecule has 11 heteroatoms. The van der Waals surface area contributed by atoms with Gasteiger partial charge >= 0.3 is 0 Å². The van der Waals surface area contributed by atoms with E-state index in [1.807, 2.05) is 0 Å². The Kier molecular flexibility index (Phi) is 6.62. The zero-order valence-electron chi connectivity index (χ0n) is 20.5. The van der Waals surface area contributed by atoms with Crippen molar-refractivity contribution < 1.29 is 14.4 Å². The summed E-state index contributed by atoms with van der Waals surface area (Å²) in [5.74, 6) is 5.86. The topological polar surface area (TPSA) is 154 Å². The number of nitrogen functional groups attached to an aromatic ring is 1. The van der Waals surface area contributed by atoms with Crippen molar-refractivity contribution >= 4 is 23.5 Å². The molecule has 2 fully saturated rings. The van der Waals surface area contributed by atoms with Gasteiger partial charge in [0.2, 0.25) is 5.70 Å². The fourth-order valence-corrected chi connectivity index (χ4v) is 4.59. The molecule has 0 unspecified atom stereocenters. The van der Waals surface area contributed by atoms with Gasteiger partial charge in [-0.1, -0.05) is 24.3 Å². The van der Waals surface area contributed by atoms with Crippen LogP contribution >= 0.6 is 0 Å². The van der Waals surface area contributed by atoms with E-state index in [4.69, 9.17) is 18.1 Å². The number of hydrogen-bond acceptors (Lipinski definition) is 6. The first-order chi connectivity index (χ1) is 18.4. The molecule has 192 valence electrons. The second kappa shape index (κ2) is 10.2. The van der Waals surface area contributed by atoms with Crippen LogP contribution in [0.3, 0.4) is 0 Å². The Hall–Kier alpha value is -4.98. The Morgan fingerprint density at radius 1 is 1.11 bits per heavy atom. The summed E-state index contributed by atoms with van der Waals surface area (Å²) in [6.07, 6.45) is 6.58. The molecule has 1 atom stereocenters. The van der Waals surface area contributed by atoms with Crippen molar-refractivity contribution in [2.24, 2.45) is 11.7 Å². The van der Waals surface area contributed by atoms with Gasteiger partial charge in [-0.25, -0.2) is 19.5 Å². The Labute approximate surface area is 218 Å². The van der Waals surface area contributed by atoms with Crippen LogP contribution in [0.2, 0.25) is 0 Å². The van der Waals surface area contributed by atoms with Crippen LogP contribution in [0.5, 0.6) is 0 Å². The second-order valence-corrected chi connectivity index (χ2v) is 9.31. The quantitative estimate of drug-likeness (QED) is 0.252. The van der Waals surface area contributed by atoms with Crippen LogP contribution in [0.25, 0.3) is 16.1 Å². The highest BCUT2D eigenvalue weighted by Crippen LogP contribution is 2.37. The lowest BCUT2D eigenvalue weighted by atomic mass is 10.1. The van der Waals surface area contributed by atoms with Gasteiger partial charge in [-0.15, -0.1) is 0 Å². The highest BCUT2D eigenvalue weighted by Gasteiger charge is 2.37. The van der Waals surface area contributed by atoms with Gasteiger partial charge in [-0.2, -0.15) is 0 Å². The molecule has 2 aliphatic rings. The number of nitrogens with two attached hydrogens (primary N) is 2. The van der Waals surface area contributed by atoms with Gasteiger partial charge in [0.1, 0.15) is 11.5 Å². The summed E-state index contributed by atoms with van der Waals surface area (Å²) in [5, 5.41) is 2.72. The van der Waals surface area contributed by atoms with E-state index in [-0.39, 0.29) is 34.8 Å². The molecule has 1 aliphatic carbocycles. The van der Waals surface area contributed by atoms with Gasteiger partial charge in [0.05, 0.1) is 12.6 Å². The van der Waals surface area contributed by atoms with Crippen LogP contribution in [0, 0.1) is 12.5 Å². The molecular formula is C27H26N8O3. The van der Waals surface area contributed by atoms with Gasteiger partial charge in [0.25, 0.3) is 17.7 Å². The Morgan fingerprint density at radius 3 is 2.50 bits per heavy atom. The maximum Gasteiger partial charge on any atom is 0.269 e. The van der Waals surface area contributed by atoms with Gasteiger partial charge in [0.15, 0.2) is 11.5 Å². The SMILES string of the molecule is [C-]#[N+]/C(=C\C1CC1)C(=O)N1CCC[C@H]1c1nc(-c2ccc(C(=O)Nc3ccccn3)cc2)c(C(N)=O)n1N. The van der Waals surface area contributed by atoms with Crippen molar-refractivity contribution in [1.29, 1.82) is 0 Å². The molecule has 3 aromatic rings. The van der Waals surface area contributed by atoms with Gasteiger partial charge in [-0.05, 0) is 55.9 Å². The normalized spacial score (nSPS) is 17.2. The first-order valence-electron chi connectivity index (χ1n) is 12.3. The molecule has 0 bridgehead atoms. The summed E-state index contributed by atoms with van der Waals surface area (Å²) < 4.78 is 1.14. The average molecular weight is 511 g/mol. The average Bonchev–Trinajstić information content (AvgIpc) is 3.49. The second-order valence-electron chi connectivity index (χ2n) is 9.31. The largest absolute Gasteiger partial charge is 0.364 e. The summed E-state index contributed by atoms with van der Waals surface area (Å²) in [6.45, 7) is 7.93. The summed E-state index contributed by atoms with van der Waals surface area (Å²) >= 11 is 0.